The number of hydrogen-bond donors (Lipinski definition) is 1. The van der Waals surface area contributed by atoms with Gasteiger partial charge in [0, 0.05) is 30.4 Å². The van der Waals surface area contributed by atoms with Gasteiger partial charge in [0.1, 0.15) is 0 Å². The number of benzene rings is 1. The fraction of sp³-hybridized carbons (Fsp3) is 0.500. The van der Waals surface area contributed by atoms with E-state index in [-0.39, 0.29) is 0 Å². The van der Waals surface area contributed by atoms with E-state index in [1.807, 2.05) is 11.7 Å². The lowest BCUT2D eigenvalue weighted by Gasteiger charge is -2.21. The van der Waals surface area contributed by atoms with Crippen molar-refractivity contribution in [3.05, 3.63) is 52.8 Å². The molecule has 1 aromatic carbocycles. The Labute approximate surface area is 128 Å². The van der Waals surface area contributed by atoms with Gasteiger partial charge in [-0.05, 0) is 46.1 Å². The molecule has 3 heteroatoms. The van der Waals surface area contributed by atoms with Gasteiger partial charge in [0.05, 0.1) is 5.69 Å². The fourth-order valence-corrected chi connectivity index (χ4v) is 3.04. The molecule has 1 N–H and O–H groups in total. The van der Waals surface area contributed by atoms with Gasteiger partial charge < -0.3 is 5.32 Å². The SMILES string of the molecule is Cc1nn(C)c(C)c1C(C)NC(C)CCc1ccccc1. The average Bonchev–Trinajstić information content (AvgIpc) is 2.71. The minimum Gasteiger partial charge on any atom is -0.308 e. The number of hydrogen-bond acceptors (Lipinski definition) is 2. The number of aromatic nitrogens is 2. The molecule has 0 aliphatic rings. The van der Waals surface area contributed by atoms with Crippen LogP contribution in [0.1, 0.15) is 48.8 Å². The maximum atomic E-state index is 4.51. The van der Waals surface area contributed by atoms with Crippen molar-refractivity contribution in [1.29, 1.82) is 0 Å². The molecule has 2 aromatic rings. The number of rotatable bonds is 6. The van der Waals surface area contributed by atoms with E-state index >= 15 is 0 Å². The lowest BCUT2D eigenvalue weighted by Crippen LogP contribution is -2.30. The molecular formula is C18H27N3. The summed E-state index contributed by atoms with van der Waals surface area (Å²) in [6, 6.07) is 11.5. The van der Waals surface area contributed by atoms with Gasteiger partial charge in [0.25, 0.3) is 0 Å². The fourth-order valence-electron chi connectivity index (χ4n) is 3.04. The van der Waals surface area contributed by atoms with Gasteiger partial charge in [-0.15, -0.1) is 0 Å². The lowest BCUT2D eigenvalue weighted by molar-refractivity contribution is 0.454. The van der Waals surface area contributed by atoms with Gasteiger partial charge in [-0.2, -0.15) is 5.10 Å². The molecule has 0 aliphatic heterocycles. The molecule has 0 spiro atoms. The Morgan fingerprint density at radius 3 is 2.38 bits per heavy atom. The second-order valence-corrected chi connectivity index (χ2v) is 6.02. The first-order valence-corrected chi connectivity index (χ1v) is 7.79. The van der Waals surface area contributed by atoms with Gasteiger partial charge >= 0.3 is 0 Å². The van der Waals surface area contributed by atoms with Crippen LogP contribution in [0.5, 0.6) is 0 Å². The van der Waals surface area contributed by atoms with Crippen LogP contribution >= 0.6 is 0 Å². The molecule has 114 valence electrons. The molecule has 21 heavy (non-hydrogen) atoms. The van der Waals surface area contributed by atoms with Crippen LogP contribution in [0.3, 0.4) is 0 Å². The van der Waals surface area contributed by atoms with Crippen molar-refractivity contribution in [3.63, 3.8) is 0 Å². The highest BCUT2D eigenvalue weighted by Gasteiger charge is 2.17. The Kier molecular flexibility index (Phi) is 5.18. The Balaban J connectivity index is 1.91. The minimum absolute atomic E-state index is 0.337. The molecule has 0 amide bonds. The van der Waals surface area contributed by atoms with Gasteiger partial charge in [0.15, 0.2) is 0 Å². The van der Waals surface area contributed by atoms with E-state index in [4.69, 9.17) is 0 Å². The van der Waals surface area contributed by atoms with E-state index in [1.165, 1.54) is 16.8 Å². The molecule has 2 unspecified atom stereocenters. The van der Waals surface area contributed by atoms with E-state index in [2.05, 4.69) is 68.4 Å². The summed E-state index contributed by atoms with van der Waals surface area (Å²) in [6.07, 6.45) is 2.26. The lowest BCUT2D eigenvalue weighted by atomic mass is 10.0. The standard InChI is InChI=1S/C18H27N3/c1-13(11-12-17-9-7-6-8-10-17)19-14(2)18-15(3)20-21(5)16(18)4/h6-10,13-14,19H,11-12H2,1-5H3. The molecule has 0 radical (unpaired) electrons. The summed E-state index contributed by atoms with van der Waals surface area (Å²) < 4.78 is 1.97. The van der Waals surface area contributed by atoms with Crippen molar-refractivity contribution < 1.29 is 0 Å². The third-order valence-electron chi connectivity index (χ3n) is 4.24. The zero-order valence-electron chi connectivity index (χ0n) is 13.9. The molecule has 0 aliphatic carbocycles. The summed E-state index contributed by atoms with van der Waals surface area (Å²) in [5, 5.41) is 8.22. The topological polar surface area (TPSA) is 29.9 Å². The first-order chi connectivity index (χ1) is 9.99. The summed E-state index contributed by atoms with van der Waals surface area (Å²) in [6.45, 7) is 8.73. The number of nitrogens with zero attached hydrogens (tertiary/aromatic N) is 2. The van der Waals surface area contributed by atoms with Crippen LogP contribution in [0.4, 0.5) is 0 Å². The summed E-state index contributed by atoms with van der Waals surface area (Å²) in [5.41, 5.74) is 5.13. The van der Waals surface area contributed by atoms with Crippen molar-refractivity contribution >= 4 is 0 Å². The van der Waals surface area contributed by atoms with Crippen LogP contribution in [0.15, 0.2) is 30.3 Å². The van der Waals surface area contributed by atoms with E-state index in [1.54, 1.807) is 0 Å². The van der Waals surface area contributed by atoms with Crippen LogP contribution in [0.25, 0.3) is 0 Å². The zero-order valence-corrected chi connectivity index (χ0v) is 13.9. The predicted molar refractivity (Wildman–Crippen MR) is 88.5 cm³/mol. The molecule has 1 aromatic heterocycles. The van der Waals surface area contributed by atoms with E-state index < -0.39 is 0 Å². The molecule has 0 bridgehead atoms. The Hall–Kier alpha value is -1.61. The minimum atomic E-state index is 0.337. The first-order valence-electron chi connectivity index (χ1n) is 7.79. The highest BCUT2D eigenvalue weighted by Crippen LogP contribution is 2.21. The molecule has 3 nitrogen and oxygen atoms in total. The molecular weight excluding hydrogens is 258 g/mol. The van der Waals surface area contributed by atoms with Crippen LogP contribution < -0.4 is 5.32 Å². The average molecular weight is 285 g/mol. The zero-order chi connectivity index (χ0) is 15.4. The van der Waals surface area contributed by atoms with Gasteiger partial charge in [-0.3, -0.25) is 4.68 Å². The van der Waals surface area contributed by atoms with E-state index in [0.717, 1.165) is 18.5 Å². The Morgan fingerprint density at radius 1 is 1.14 bits per heavy atom. The van der Waals surface area contributed by atoms with Gasteiger partial charge in [-0.1, -0.05) is 30.3 Å². The molecule has 2 atom stereocenters. The predicted octanol–water partition coefficient (Wildman–Crippen LogP) is 3.71. The van der Waals surface area contributed by atoms with E-state index in [9.17, 15) is 0 Å². The largest absolute Gasteiger partial charge is 0.308 e. The highest BCUT2D eigenvalue weighted by atomic mass is 15.3. The quantitative estimate of drug-likeness (QED) is 0.877. The normalized spacial score (nSPS) is 14.1. The Morgan fingerprint density at radius 2 is 1.81 bits per heavy atom. The summed E-state index contributed by atoms with van der Waals surface area (Å²) in [4.78, 5) is 0. The Bertz CT molecular complexity index is 572. The highest BCUT2D eigenvalue weighted by molar-refractivity contribution is 5.27. The van der Waals surface area contributed by atoms with E-state index in [0.29, 0.717) is 12.1 Å². The number of aryl methyl sites for hydroxylation is 3. The van der Waals surface area contributed by atoms with Crippen molar-refractivity contribution in [2.24, 2.45) is 7.05 Å². The molecule has 0 fully saturated rings. The molecule has 0 saturated heterocycles. The third-order valence-corrected chi connectivity index (χ3v) is 4.24. The monoisotopic (exact) mass is 285 g/mol. The summed E-state index contributed by atoms with van der Waals surface area (Å²) in [5.74, 6) is 0. The van der Waals surface area contributed by atoms with Crippen LogP contribution in [-0.4, -0.2) is 15.8 Å². The van der Waals surface area contributed by atoms with Crippen molar-refractivity contribution in [1.82, 2.24) is 15.1 Å². The van der Waals surface area contributed by atoms with Gasteiger partial charge in [-0.25, -0.2) is 0 Å². The van der Waals surface area contributed by atoms with Crippen molar-refractivity contribution in [2.75, 3.05) is 0 Å². The molecule has 2 rings (SSSR count). The van der Waals surface area contributed by atoms with Crippen molar-refractivity contribution in [2.45, 2.75) is 52.6 Å². The smallest absolute Gasteiger partial charge is 0.0644 e. The molecule has 1 heterocycles. The second-order valence-electron chi connectivity index (χ2n) is 6.02. The first kappa shape index (κ1) is 15.8. The summed E-state index contributed by atoms with van der Waals surface area (Å²) in [7, 11) is 2.01. The summed E-state index contributed by atoms with van der Waals surface area (Å²) >= 11 is 0. The van der Waals surface area contributed by atoms with Crippen LogP contribution in [0, 0.1) is 13.8 Å². The number of nitrogens with one attached hydrogen (secondary N) is 1. The maximum absolute atomic E-state index is 4.51. The second kappa shape index (κ2) is 6.90. The van der Waals surface area contributed by atoms with Gasteiger partial charge in [0.2, 0.25) is 0 Å². The third kappa shape index (κ3) is 3.94. The van der Waals surface area contributed by atoms with Crippen molar-refractivity contribution in [3.8, 4) is 0 Å². The maximum Gasteiger partial charge on any atom is 0.0644 e. The molecule has 0 saturated carbocycles. The van der Waals surface area contributed by atoms with Crippen LogP contribution in [-0.2, 0) is 13.5 Å². The van der Waals surface area contributed by atoms with Crippen LogP contribution in [0.2, 0.25) is 0 Å².